The van der Waals surface area contributed by atoms with E-state index in [4.69, 9.17) is 15.3 Å². The van der Waals surface area contributed by atoms with Gasteiger partial charge < -0.3 is 15.3 Å². The first-order valence-corrected chi connectivity index (χ1v) is 9.10. The van der Waals surface area contributed by atoms with E-state index in [1.54, 1.807) is 6.08 Å². The lowest BCUT2D eigenvalue weighted by atomic mass is 10.2. The summed E-state index contributed by atoms with van der Waals surface area (Å²) >= 11 is 0. The van der Waals surface area contributed by atoms with E-state index >= 15 is 0 Å². The molecule has 0 spiro atoms. The first kappa shape index (κ1) is 23.8. The van der Waals surface area contributed by atoms with Gasteiger partial charge in [0.2, 0.25) is 0 Å². The molecule has 0 atom stereocenters. The average Bonchev–Trinajstić information content (AvgIpc) is 2.60. The van der Waals surface area contributed by atoms with Crippen molar-refractivity contribution in [3.63, 3.8) is 0 Å². The van der Waals surface area contributed by atoms with E-state index in [-0.39, 0.29) is 6.42 Å². The Bertz CT molecular complexity index is 534. The fraction of sp³-hybridized carbons (Fsp3) is 0.409. The summed E-state index contributed by atoms with van der Waals surface area (Å²) in [6.45, 7) is 2.13. The van der Waals surface area contributed by atoms with Crippen molar-refractivity contribution in [1.29, 1.82) is 0 Å². The molecule has 0 unspecified atom stereocenters. The van der Waals surface area contributed by atoms with Crippen LogP contribution in [-0.4, -0.2) is 27.1 Å². The Morgan fingerprint density at radius 3 is 1.88 bits per heavy atom. The third kappa shape index (κ3) is 15.4. The van der Waals surface area contributed by atoms with Gasteiger partial charge in [0.15, 0.2) is 0 Å². The van der Waals surface area contributed by atoms with Crippen molar-refractivity contribution in [1.82, 2.24) is 0 Å². The highest BCUT2D eigenvalue weighted by molar-refractivity contribution is 5.75. The number of carboxylic acids is 1. The van der Waals surface area contributed by atoms with Gasteiger partial charge in [-0.1, -0.05) is 79.8 Å². The molecular formula is C22H32O4. The monoisotopic (exact) mass is 360 g/mol. The molecule has 0 saturated carbocycles. The summed E-state index contributed by atoms with van der Waals surface area (Å²) in [5, 5.41) is 26.7. The number of hydrogen-bond donors (Lipinski definition) is 3. The van der Waals surface area contributed by atoms with Crippen LogP contribution in [0.1, 0.15) is 51.9 Å². The van der Waals surface area contributed by atoms with Gasteiger partial charge in [-0.05, 0) is 38.5 Å². The molecule has 0 radical (unpaired) electrons. The smallest absolute Gasteiger partial charge is 0.364 e. The maximum Gasteiger partial charge on any atom is 0.364 e. The summed E-state index contributed by atoms with van der Waals surface area (Å²) in [6.07, 6.45) is 29.4. The lowest BCUT2D eigenvalue weighted by molar-refractivity contribution is -0.201. The van der Waals surface area contributed by atoms with Crippen LogP contribution < -0.4 is 0 Å². The predicted molar refractivity (Wildman–Crippen MR) is 108 cm³/mol. The normalized spacial score (nSPS) is 13.7. The molecule has 0 fully saturated rings. The minimum absolute atomic E-state index is 0.328. The highest BCUT2D eigenvalue weighted by Gasteiger charge is 2.30. The van der Waals surface area contributed by atoms with Gasteiger partial charge in [0, 0.05) is 6.42 Å². The third-order valence-corrected chi connectivity index (χ3v) is 3.35. The number of aliphatic carboxylic acids is 1. The van der Waals surface area contributed by atoms with Gasteiger partial charge in [-0.25, -0.2) is 4.79 Å². The van der Waals surface area contributed by atoms with E-state index in [0.717, 1.165) is 32.1 Å². The molecule has 0 rings (SSSR count). The summed E-state index contributed by atoms with van der Waals surface area (Å²) < 4.78 is 0. The number of carboxylic acid groups (broad SMARTS) is 1. The van der Waals surface area contributed by atoms with Crippen LogP contribution in [0.5, 0.6) is 0 Å². The van der Waals surface area contributed by atoms with E-state index in [2.05, 4.69) is 43.4 Å². The van der Waals surface area contributed by atoms with Crippen LogP contribution in [-0.2, 0) is 4.79 Å². The SMILES string of the molecule is CC/C=C\C/C=C\CC/C=C/C=C\C/C=C\C/C=C\CC(O)(O)C(=O)O. The zero-order valence-electron chi connectivity index (χ0n) is 15.6. The van der Waals surface area contributed by atoms with Crippen molar-refractivity contribution in [2.75, 3.05) is 0 Å². The van der Waals surface area contributed by atoms with E-state index in [0.29, 0.717) is 6.42 Å². The Hall–Kier alpha value is -2.17. The number of carbonyl (C=O) groups is 1. The number of rotatable bonds is 14. The van der Waals surface area contributed by atoms with Gasteiger partial charge in [0.05, 0.1) is 0 Å². The molecule has 0 aliphatic carbocycles. The maximum absolute atomic E-state index is 10.5. The van der Waals surface area contributed by atoms with Crippen molar-refractivity contribution < 1.29 is 20.1 Å². The second kappa shape index (κ2) is 16.3. The fourth-order valence-corrected chi connectivity index (χ4v) is 1.86. The molecule has 26 heavy (non-hydrogen) atoms. The van der Waals surface area contributed by atoms with Gasteiger partial charge in [0.1, 0.15) is 0 Å². The number of aliphatic hydroxyl groups is 2. The van der Waals surface area contributed by atoms with Crippen molar-refractivity contribution >= 4 is 5.97 Å². The second-order valence-electron chi connectivity index (χ2n) is 5.76. The maximum atomic E-state index is 10.5. The van der Waals surface area contributed by atoms with Crippen LogP contribution in [0.4, 0.5) is 0 Å². The predicted octanol–water partition coefficient (Wildman–Crippen LogP) is 4.84. The molecule has 0 aromatic heterocycles. The van der Waals surface area contributed by atoms with Gasteiger partial charge in [-0.2, -0.15) is 0 Å². The van der Waals surface area contributed by atoms with Gasteiger partial charge >= 0.3 is 5.97 Å². The van der Waals surface area contributed by atoms with Crippen molar-refractivity contribution in [3.8, 4) is 0 Å². The summed E-state index contributed by atoms with van der Waals surface area (Å²) in [7, 11) is 0. The van der Waals surface area contributed by atoms with Crippen molar-refractivity contribution in [3.05, 3.63) is 72.9 Å². The van der Waals surface area contributed by atoms with Gasteiger partial charge in [-0.3, -0.25) is 0 Å². The Labute approximate surface area is 157 Å². The molecular weight excluding hydrogens is 328 g/mol. The fourth-order valence-electron chi connectivity index (χ4n) is 1.86. The summed E-state index contributed by atoms with van der Waals surface area (Å²) in [4.78, 5) is 10.5. The summed E-state index contributed by atoms with van der Waals surface area (Å²) in [5.41, 5.74) is 0. The number of allylic oxidation sites excluding steroid dienone is 11. The highest BCUT2D eigenvalue weighted by atomic mass is 16.5. The zero-order chi connectivity index (χ0) is 19.5. The summed E-state index contributed by atoms with van der Waals surface area (Å²) in [6, 6.07) is 0. The van der Waals surface area contributed by atoms with Gasteiger partial charge in [-0.15, -0.1) is 0 Å². The number of unbranched alkanes of at least 4 members (excludes halogenated alkanes) is 1. The quantitative estimate of drug-likeness (QED) is 0.179. The Morgan fingerprint density at radius 2 is 1.23 bits per heavy atom. The second-order valence-corrected chi connectivity index (χ2v) is 5.76. The molecule has 0 aromatic carbocycles. The minimum atomic E-state index is -2.68. The van der Waals surface area contributed by atoms with Crippen LogP contribution >= 0.6 is 0 Å². The molecule has 0 saturated heterocycles. The van der Waals surface area contributed by atoms with Crippen molar-refractivity contribution in [2.45, 2.75) is 57.7 Å². The van der Waals surface area contributed by atoms with Gasteiger partial charge in [0.25, 0.3) is 5.79 Å². The molecule has 4 heteroatoms. The Morgan fingerprint density at radius 1 is 0.731 bits per heavy atom. The molecule has 4 nitrogen and oxygen atoms in total. The van der Waals surface area contributed by atoms with E-state index in [1.807, 2.05) is 24.3 Å². The van der Waals surface area contributed by atoms with Crippen LogP contribution in [0, 0.1) is 0 Å². The average molecular weight is 360 g/mol. The lowest BCUT2D eigenvalue weighted by Gasteiger charge is -2.12. The highest BCUT2D eigenvalue weighted by Crippen LogP contribution is 2.07. The number of hydrogen-bond acceptors (Lipinski definition) is 3. The molecule has 0 bridgehead atoms. The molecule has 0 heterocycles. The van der Waals surface area contributed by atoms with Crippen LogP contribution in [0.3, 0.4) is 0 Å². The standard InChI is InChI=1S/C22H32O4/c1-2-3-4-5-6-7-8-9-10-11-12-13-14-15-16-17-18-19-20-22(25,26)21(23)24/h3-4,6-7,10-13,15-16,18-19,25-26H,2,5,8-9,14,17,20H2,1H3,(H,23,24)/b4-3-,7-6-,11-10+,13-12-,16-15-,19-18-. The Balaban J connectivity index is 3.69. The molecule has 0 aliphatic heterocycles. The van der Waals surface area contributed by atoms with E-state index in [9.17, 15) is 4.79 Å². The zero-order valence-corrected chi connectivity index (χ0v) is 15.6. The Kier molecular flexibility index (Phi) is 14.9. The first-order chi connectivity index (χ1) is 12.5. The lowest BCUT2D eigenvalue weighted by Crippen LogP contribution is -2.37. The molecule has 0 aromatic rings. The summed E-state index contributed by atoms with van der Waals surface area (Å²) in [5.74, 6) is -4.33. The molecule has 0 amide bonds. The topological polar surface area (TPSA) is 77.8 Å². The van der Waals surface area contributed by atoms with E-state index in [1.165, 1.54) is 6.08 Å². The largest absolute Gasteiger partial charge is 0.477 e. The minimum Gasteiger partial charge on any atom is -0.477 e. The van der Waals surface area contributed by atoms with Crippen LogP contribution in [0.2, 0.25) is 0 Å². The first-order valence-electron chi connectivity index (χ1n) is 9.10. The van der Waals surface area contributed by atoms with Crippen molar-refractivity contribution in [2.24, 2.45) is 0 Å². The third-order valence-electron chi connectivity index (χ3n) is 3.35. The van der Waals surface area contributed by atoms with Crippen LogP contribution in [0.15, 0.2) is 72.9 Å². The van der Waals surface area contributed by atoms with E-state index < -0.39 is 11.8 Å². The van der Waals surface area contributed by atoms with Crippen LogP contribution in [0.25, 0.3) is 0 Å². The molecule has 3 N–H and O–H groups in total. The molecule has 0 aliphatic rings. The molecule has 144 valence electrons.